The summed E-state index contributed by atoms with van der Waals surface area (Å²) >= 11 is 0. The van der Waals surface area contributed by atoms with Crippen LogP contribution in [0.5, 0.6) is 0 Å². The molecule has 0 spiro atoms. The van der Waals surface area contributed by atoms with Crippen LogP contribution < -0.4 is 0 Å². The number of unbranched alkanes of at least 4 members (excludes halogenated alkanes) is 2. The average molecular weight is 549 g/mol. The molecule has 0 nitrogen and oxygen atoms in total. The third-order valence-electron chi connectivity index (χ3n) is 6.92. The molecule has 4 heteroatoms. The van der Waals surface area contributed by atoms with Gasteiger partial charge in [0, 0.05) is 0 Å². The van der Waals surface area contributed by atoms with Crippen LogP contribution in [0.3, 0.4) is 0 Å². The van der Waals surface area contributed by atoms with E-state index in [9.17, 15) is 0 Å². The summed E-state index contributed by atoms with van der Waals surface area (Å²) in [6, 6.07) is 10.3. The van der Waals surface area contributed by atoms with Crippen molar-refractivity contribution in [1.82, 2.24) is 0 Å². The van der Waals surface area contributed by atoms with Crippen LogP contribution in [0.1, 0.15) is 113 Å². The topological polar surface area (TPSA) is 0 Å². The molecule has 0 radical (unpaired) electrons. The first-order valence-electron chi connectivity index (χ1n) is 13.8. The van der Waals surface area contributed by atoms with Crippen LogP contribution >= 0.6 is 35.6 Å². The van der Waals surface area contributed by atoms with Crippen molar-refractivity contribution in [2.24, 2.45) is 0 Å². The van der Waals surface area contributed by atoms with Gasteiger partial charge in [0.1, 0.15) is 0 Å². The first-order chi connectivity index (χ1) is 16.7. The minimum absolute atomic E-state index is 0.112. The molecular formula is C31H52P4. The van der Waals surface area contributed by atoms with Crippen molar-refractivity contribution in [3.05, 3.63) is 57.6 Å². The van der Waals surface area contributed by atoms with E-state index in [4.69, 9.17) is 0 Å². The Morgan fingerprint density at radius 2 is 1.20 bits per heavy atom. The van der Waals surface area contributed by atoms with Gasteiger partial charge in [0.15, 0.2) is 0 Å². The summed E-state index contributed by atoms with van der Waals surface area (Å²) in [5.41, 5.74) is 12.3. The lowest BCUT2D eigenvalue weighted by Crippen LogP contribution is -2.15. The highest BCUT2D eigenvalue weighted by Gasteiger charge is 2.24. The highest BCUT2D eigenvalue weighted by molar-refractivity contribution is 7.37. The van der Waals surface area contributed by atoms with Gasteiger partial charge in [-0.3, -0.25) is 0 Å². The van der Waals surface area contributed by atoms with E-state index < -0.39 is 0 Å². The van der Waals surface area contributed by atoms with Gasteiger partial charge in [-0.15, -0.1) is 35.6 Å². The Morgan fingerprint density at radius 3 is 1.66 bits per heavy atom. The van der Waals surface area contributed by atoms with Crippen molar-refractivity contribution in [3.63, 3.8) is 0 Å². The maximum absolute atomic E-state index is 2.97. The van der Waals surface area contributed by atoms with E-state index in [2.05, 4.69) is 91.2 Å². The van der Waals surface area contributed by atoms with E-state index in [0.29, 0.717) is 5.92 Å². The lowest BCUT2D eigenvalue weighted by Gasteiger charge is -2.28. The molecular weight excluding hydrogens is 496 g/mol. The monoisotopic (exact) mass is 548 g/mol. The summed E-state index contributed by atoms with van der Waals surface area (Å²) in [7, 11) is 8.01. The second-order valence-corrected chi connectivity index (χ2v) is 14.8. The van der Waals surface area contributed by atoms with Gasteiger partial charge in [0.05, 0.1) is 0 Å². The Labute approximate surface area is 226 Å². The molecule has 2 aromatic rings. The summed E-state index contributed by atoms with van der Waals surface area (Å²) in [6.45, 7) is 16.5. The number of rotatable bonds is 14. The molecule has 0 aromatic heterocycles. The minimum atomic E-state index is 0.112. The second-order valence-electron chi connectivity index (χ2n) is 11.2. The summed E-state index contributed by atoms with van der Waals surface area (Å²) in [5, 5.41) is 0. The van der Waals surface area contributed by atoms with E-state index in [0.717, 1.165) is 29.5 Å². The lowest BCUT2D eigenvalue weighted by atomic mass is 9.77. The van der Waals surface area contributed by atoms with Gasteiger partial charge in [0.25, 0.3) is 0 Å². The molecule has 196 valence electrons. The van der Waals surface area contributed by atoms with E-state index >= 15 is 0 Å². The fraction of sp³-hybridized carbons (Fsp3) is 0.613. The van der Waals surface area contributed by atoms with E-state index in [1.54, 1.807) is 16.7 Å². The Hall–Kier alpha value is 0.160. The molecule has 0 aliphatic rings. The average Bonchev–Trinajstić information content (AvgIpc) is 2.83. The smallest absolute Gasteiger partial charge is 0.00975 e. The molecule has 4 unspecified atom stereocenters. The molecule has 4 atom stereocenters. The first kappa shape index (κ1) is 31.4. The van der Waals surface area contributed by atoms with Crippen LogP contribution in [0.4, 0.5) is 0 Å². The van der Waals surface area contributed by atoms with E-state index in [1.165, 1.54) is 78.1 Å². The zero-order valence-electron chi connectivity index (χ0n) is 23.6. The maximum atomic E-state index is 2.97. The van der Waals surface area contributed by atoms with Crippen LogP contribution in [0.25, 0.3) is 11.1 Å². The minimum Gasteiger partial charge on any atom is -0.133 e. The zero-order chi connectivity index (χ0) is 26.0. The molecule has 35 heavy (non-hydrogen) atoms. The number of benzene rings is 2. The van der Waals surface area contributed by atoms with Crippen LogP contribution in [0.2, 0.25) is 0 Å². The molecule has 2 aromatic carbocycles. The summed E-state index contributed by atoms with van der Waals surface area (Å²) in [5.74, 6) is 0.521. The van der Waals surface area contributed by atoms with E-state index in [1.807, 2.05) is 0 Å². The van der Waals surface area contributed by atoms with Crippen LogP contribution in [-0.4, -0.2) is 12.3 Å². The van der Waals surface area contributed by atoms with Crippen molar-refractivity contribution >= 4 is 35.6 Å². The molecule has 0 heterocycles. The third-order valence-corrected chi connectivity index (χ3v) is 10.5. The van der Waals surface area contributed by atoms with Crippen molar-refractivity contribution in [2.75, 3.05) is 12.3 Å². The Balaban J connectivity index is 2.69. The molecule has 0 aliphatic carbocycles. The highest BCUT2D eigenvalue weighted by Crippen LogP contribution is 2.42. The van der Waals surface area contributed by atoms with Gasteiger partial charge >= 0.3 is 0 Å². The third kappa shape index (κ3) is 9.14. The number of hydrogen-bond acceptors (Lipinski definition) is 0. The zero-order valence-corrected chi connectivity index (χ0v) is 27.9. The second kappa shape index (κ2) is 15.5. The summed E-state index contributed by atoms with van der Waals surface area (Å²) in [4.78, 5) is 0. The standard InChI is InChI=1S/C31H52P4/c1-8-10-12-34-20-25-15-27(22(3)4)28(16-26(25)21-35-13-11-9-2)29-14-23(18-32)24(19-33)17-30(29)31(5,6)7/h14-17,22,34-35H,8-13,18-21,32-33H2,1-7H3. The van der Waals surface area contributed by atoms with Crippen LogP contribution in [-0.2, 0) is 30.1 Å². The van der Waals surface area contributed by atoms with Crippen molar-refractivity contribution in [3.8, 4) is 11.1 Å². The van der Waals surface area contributed by atoms with Crippen molar-refractivity contribution in [1.29, 1.82) is 0 Å². The fourth-order valence-electron chi connectivity index (χ4n) is 4.71. The lowest BCUT2D eigenvalue weighted by molar-refractivity contribution is 0.591. The molecule has 0 amide bonds. The quantitative estimate of drug-likeness (QED) is 0.163. The van der Waals surface area contributed by atoms with Crippen molar-refractivity contribution in [2.45, 2.75) is 110 Å². The van der Waals surface area contributed by atoms with Crippen LogP contribution in [0.15, 0.2) is 24.3 Å². The predicted molar refractivity (Wildman–Crippen MR) is 175 cm³/mol. The Kier molecular flexibility index (Phi) is 13.9. The van der Waals surface area contributed by atoms with Gasteiger partial charge < -0.3 is 0 Å². The van der Waals surface area contributed by atoms with Gasteiger partial charge in [-0.1, -0.05) is 85.6 Å². The van der Waals surface area contributed by atoms with Gasteiger partial charge in [-0.05, 0) is 106 Å². The van der Waals surface area contributed by atoms with Gasteiger partial charge in [-0.25, -0.2) is 0 Å². The SMILES string of the molecule is CCCCPCc1cc(-c2cc(CP)c(CP)cc2C(C)(C)C)c(C(C)C)cc1CPCCCC. The highest BCUT2D eigenvalue weighted by atomic mass is 31.1. The Morgan fingerprint density at radius 1 is 0.714 bits per heavy atom. The summed E-state index contributed by atoms with van der Waals surface area (Å²) in [6.07, 6.45) is 12.7. The summed E-state index contributed by atoms with van der Waals surface area (Å²) < 4.78 is 0. The van der Waals surface area contributed by atoms with Gasteiger partial charge in [-0.2, -0.15) is 0 Å². The molecule has 2 rings (SSSR count). The number of hydrogen-bond donors (Lipinski definition) is 0. The molecule has 0 aliphatic heterocycles. The van der Waals surface area contributed by atoms with Crippen LogP contribution in [0, 0.1) is 0 Å². The van der Waals surface area contributed by atoms with Crippen molar-refractivity contribution < 1.29 is 0 Å². The molecule has 0 saturated heterocycles. The molecule has 0 N–H and O–H groups in total. The first-order valence-corrected chi connectivity index (χ1v) is 18.3. The molecule has 0 bridgehead atoms. The molecule has 0 saturated carbocycles. The van der Waals surface area contributed by atoms with Gasteiger partial charge in [0.2, 0.25) is 0 Å². The molecule has 0 fully saturated rings. The maximum Gasteiger partial charge on any atom is -0.00975 e. The van der Waals surface area contributed by atoms with E-state index in [-0.39, 0.29) is 5.41 Å². The fourth-order valence-corrected chi connectivity index (χ4v) is 8.23. The Bertz CT molecular complexity index is 925. The largest absolute Gasteiger partial charge is 0.133 e. The normalized spacial score (nSPS) is 12.7. The predicted octanol–water partition coefficient (Wildman–Crippen LogP) is 10.5.